The SMILES string of the molecule is CC(C)Nc1ccc(-c2ncc(-c3ccc4nonc4c3)cn2)cc1C#N. The second kappa shape index (κ2) is 6.84. The van der Waals surface area contributed by atoms with Crippen LogP contribution in [0, 0.1) is 11.3 Å². The molecule has 0 saturated heterocycles. The third-order valence-corrected chi connectivity index (χ3v) is 4.08. The van der Waals surface area contributed by atoms with E-state index < -0.39 is 0 Å². The predicted molar refractivity (Wildman–Crippen MR) is 102 cm³/mol. The van der Waals surface area contributed by atoms with Crippen molar-refractivity contribution in [2.24, 2.45) is 0 Å². The Hall–Kier alpha value is -3.79. The lowest BCUT2D eigenvalue weighted by Gasteiger charge is -2.12. The summed E-state index contributed by atoms with van der Waals surface area (Å²) in [5, 5.41) is 20.3. The van der Waals surface area contributed by atoms with Crippen molar-refractivity contribution >= 4 is 16.7 Å². The standard InChI is InChI=1S/C20H16N6O/c1-12(2)24-17-5-4-14(7-15(17)9-21)20-22-10-16(11-23-20)13-3-6-18-19(8-13)26-27-25-18/h3-8,10-12,24H,1-2H3. The monoisotopic (exact) mass is 356 g/mol. The van der Waals surface area contributed by atoms with Crippen molar-refractivity contribution in [3.05, 3.63) is 54.4 Å². The molecule has 1 N–H and O–H groups in total. The Morgan fingerprint density at radius 2 is 1.67 bits per heavy atom. The topological polar surface area (TPSA) is 101 Å². The van der Waals surface area contributed by atoms with Crippen LogP contribution in [0.1, 0.15) is 19.4 Å². The summed E-state index contributed by atoms with van der Waals surface area (Å²) in [5.74, 6) is 0.565. The summed E-state index contributed by atoms with van der Waals surface area (Å²) >= 11 is 0. The van der Waals surface area contributed by atoms with Crippen LogP contribution in [0.3, 0.4) is 0 Å². The van der Waals surface area contributed by atoms with Crippen molar-refractivity contribution < 1.29 is 4.63 Å². The molecular formula is C20H16N6O. The molecule has 4 rings (SSSR count). The van der Waals surface area contributed by atoms with Gasteiger partial charge in [-0.2, -0.15) is 5.26 Å². The molecule has 2 heterocycles. The summed E-state index contributed by atoms with van der Waals surface area (Å²) in [6.45, 7) is 4.06. The molecule has 2 aromatic heterocycles. The van der Waals surface area contributed by atoms with Gasteiger partial charge in [0.2, 0.25) is 0 Å². The van der Waals surface area contributed by atoms with Gasteiger partial charge >= 0.3 is 0 Å². The fourth-order valence-corrected chi connectivity index (χ4v) is 2.80. The van der Waals surface area contributed by atoms with E-state index in [1.54, 1.807) is 18.5 Å². The third kappa shape index (κ3) is 3.33. The van der Waals surface area contributed by atoms with E-state index in [-0.39, 0.29) is 6.04 Å². The van der Waals surface area contributed by atoms with Gasteiger partial charge in [-0.3, -0.25) is 0 Å². The molecule has 0 fully saturated rings. The fourth-order valence-electron chi connectivity index (χ4n) is 2.80. The minimum absolute atomic E-state index is 0.246. The van der Waals surface area contributed by atoms with E-state index in [2.05, 4.69) is 31.7 Å². The lowest BCUT2D eigenvalue weighted by molar-refractivity contribution is 0.315. The highest BCUT2D eigenvalue weighted by molar-refractivity contribution is 5.80. The predicted octanol–water partition coefficient (Wildman–Crippen LogP) is 4.04. The molecule has 27 heavy (non-hydrogen) atoms. The maximum atomic E-state index is 9.41. The van der Waals surface area contributed by atoms with Gasteiger partial charge in [0.05, 0.1) is 11.3 Å². The molecule has 0 aliphatic carbocycles. The molecule has 0 spiro atoms. The molecule has 7 nitrogen and oxygen atoms in total. The average Bonchev–Trinajstić information content (AvgIpc) is 3.16. The van der Waals surface area contributed by atoms with E-state index >= 15 is 0 Å². The summed E-state index contributed by atoms with van der Waals surface area (Å²) < 4.78 is 4.73. The van der Waals surface area contributed by atoms with Crippen molar-refractivity contribution in [2.75, 3.05) is 5.32 Å². The molecular weight excluding hydrogens is 340 g/mol. The fraction of sp³-hybridized carbons (Fsp3) is 0.150. The molecule has 2 aromatic carbocycles. The second-order valence-electron chi connectivity index (χ2n) is 6.43. The summed E-state index contributed by atoms with van der Waals surface area (Å²) in [4.78, 5) is 8.92. The van der Waals surface area contributed by atoms with Crippen LogP contribution in [0.2, 0.25) is 0 Å². The van der Waals surface area contributed by atoms with Gasteiger partial charge in [0.15, 0.2) is 5.82 Å². The third-order valence-electron chi connectivity index (χ3n) is 4.08. The Morgan fingerprint density at radius 3 is 2.41 bits per heavy atom. The van der Waals surface area contributed by atoms with Gasteiger partial charge in [-0.05, 0) is 60.1 Å². The lowest BCUT2D eigenvalue weighted by Crippen LogP contribution is -2.10. The molecule has 0 bridgehead atoms. The molecule has 0 saturated carbocycles. The van der Waals surface area contributed by atoms with Crippen LogP contribution < -0.4 is 5.32 Å². The number of fused-ring (bicyclic) bond motifs is 1. The molecule has 0 atom stereocenters. The van der Waals surface area contributed by atoms with Crippen molar-refractivity contribution in [3.63, 3.8) is 0 Å². The van der Waals surface area contributed by atoms with E-state index in [0.717, 1.165) is 22.4 Å². The number of hydrogen-bond donors (Lipinski definition) is 1. The van der Waals surface area contributed by atoms with Gasteiger partial charge in [0.1, 0.15) is 17.1 Å². The number of hydrogen-bond acceptors (Lipinski definition) is 7. The molecule has 0 radical (unpaired) electrons. The Kier molecular flexibility index (Phi) is 4.22. The van der Waals surface area contributed by atoms with E-state index in [4.69, 9.17) is 4.63 Å². The highest BCUT2D eigenvalue weighted by Crippen LogP contribution is 2.25. The van der Waals surface area contributed by atoms with Crippen LogP contribution in [0.5, 0.6) is 0 Å². The zero-order chi connectivity index (χ0) is 18.8. The first-order chi connectivity index (χ1) is 13.1. The molecule has 0 amide bonds. The van der Waals surface area contributed by atoms with E-state index in [9.17, 15) is 5.26 Å². The summed E-state index contributed by atoms with van der Waals surface area (Å²) in [6, 6.07) is 13.7. The first-order valence-corrected chi connectivity index (χ1v) is 8.50. The molecule has 7 heteroatoms. The average molecular weight is 356 g/mol. The van der Waals surface area contributed by atoms with Crippen LogP contribution in [0.4, 0.5) is 5.69 Å². The van der Waals surface area contributed by atoms with Crippen LogP contribution in [-0.2, 0) is 0 Å². The Bertz CT molecular complexity index is 1140. The number of anilines is 1. The second-order valence-corrected chi connectivity index (χ2v) is 6.43. The number of rotatable bonds is 4. The number of aromatic nitrogens is 4. The van der Waals surface area contributed by atoms with Crippen LogP contribution in [-0.4, -0.2) is 26.3 Å². The molecule has 4 aromatic rings. The van der Waals surface area contributed by atoms with Crippen molar-refractivity contribution in [3.8, 4) is 28.6 Å². The van der Waals surface area contributed by atoms with Crippen LogP contribution in [0.15, 0.2) is 53.4 Å². The zero-order valence-corrected chi connectivity index (χ0v) is 14.8. The smallest absolute Gasteiger partial charge is 0.159 e. The first-order valence-electron chi connectivity index (χ1n) is 8.50. The van der Waals surface area contributed by atoms with Crippen LogP contribution in [0.25, 0.3) is 33.5 Å². The van der Waals surface area contributed by atoms with Gasteiger partial charge in [0.25, 0.3) is 0 Å². The lowest BCUT2D eigenvalue weighted by atomic mass is 10.1. The molecule has 0 aliphatic rings. The van der Waals surface area contributed by atoms with Crippen molar-refractivity contribution in [2.45, 2.75) is 19.9 Å². The Labute approximate surface area is 155 Å². The van der Waals surface area contributed by atoms with Gasteiger partial charge in [-0.25, -0.2) is 14.6 Å². The maximum absolute atomic E-state index is 9.41. The Balaban J connectivity index is 1.64. The summed E-state index contributed by atoms with van der Waals surface area (Å²) in [5.41, 5.74) is 5.35. The number of nitriles is 1. The summed E-state index contributed by atoms with van der Waals surface area (Å²) in [7, 11) is 0. The molecule has 0 aliphatic heterocycles. The largest absolute Gasteiger partial charge is 0.382 e. The first kappa shape index (κ1) is 16.7. The quantitative estimate of drug-likeness (QED) is 0.589. The van der Waals surface area contributed by atoms with Crippen molar-refractivity contribution in [1.82, 2.24) is 20.3 Å². The molecule has 132 valence electrons. The molecule has 0 unspecified atom stereocenters. The Morgan fingerprint density at radius 1 is 0.926 bits per heavy atom. The van der Waals surface area contributed by atoms with E-state index in [1.807, 2.05) is 44.2 Å². The summed E-state index contributed by atoms with van der Waals surface area (Å²) in [6.07, 6.45) is 3.51. The highest BCUT2D eigenvalue weighted by atomic mass is 16.6. The maximum Gasteiger partial charge on any atom is 0.159 e. The number of nitrogens with one attached hydrogen (secondary N) is 1. The number of nitrogens with zero attached hydrogens (tertiary/aromatic N) is 5. The number of benzene rings is 2. The van der Waals surface area contributed by atoms with Gasteiger partial charge < -0.3 is 5.32 Å². The van der Waals surface area contributed by atoms with Gasteiger partial charge in [-0.1, -0.05) is 6.07 Å². The van der Waals surface area contributed by atoms with Gasteiger partial charge in [0, 0.05) is 29.6 Å². The van der Waals surface area contributed by atoms with Gasteiger partial charge in [-0.15, -0.1) is 0 Å². The minimum Gasteiger partial charge on any atom is -0.382 e. The highest BCUT2D eigenvalue weighted by Gasteiger charge is 2.09. The minimum atomic E-state index is 0.246. The van der Waals surface area contributed by atoms with E-state index in [0.29, 0.717) is 22.4 Å². The zero-order valence-electron chi connectivity index (χ0n) is 14.8. The van der Waals surface area contributed by atoms with Crippen molar-refractivity contribution in [1.29, 1.82) is 5.26 Å². The van der Waals surface area contributed by atoms with E-state index in [1.165, 1.54) is 0 Å². The van der Waals surface area contributed by atoms with Crippen LogP contribution >= 0.6 is 0 Å². The normalized spacial score (nSPS) is 10.9.